The van der Waals surface area contributed by atoms with Gasteiger partial charge in [0, 0.05) is 32.2 Å². The smallest absolute Gasteiger partial charge is 0.246 e. The topological polar surface area (TPSA) is 64.4 Å². The molecule has 114 valence electrons. The van der Waals surface area contributed by atoms with E-state index >= 15 is 0 Å². The van der Waals surface area contributed by atoms with Crippen molar-refractivity contribution < 1.29 is 17.2 Å². The number of hydrogen-bond acceptors (Lipinski definition) is 4. The van der Waals surface area contributed by atoms with Crippen molar-refractivity contribution in [1.29, 1.82) is 5.26 Å². The molecule has 1 aromatic rings. The van der Waals surface area contributed by atoms with Crippen LogP contribution >= 0.6 is 0 Å². The maximum Gasteiger partial charge on any atom is 0.246 e. The Morgan fingerprint density at radius 3 is 2.38 bits per heavy atom. The first-order valence-corrected chi connectivity index (χ1v) is 7.89. The van der Waals surface area contributed by atoms with Gasteiger partial charge in [-0.3, -0.25) is 4.90 Å². The van der Waals surface area contributed by atoms with E-state index in [0.717, 1.165) is 16.4 Å². The third-order valence-electron chi connectivity index (χ3n) is 3.52. The minimum atomic E-state index is -3.98. The average molecular weight is 315 g/mol. The maximum atomic E-state index is 13.7. The van der Waals surface area contributed by atoms with E-state index in [4.69, 9.17) is 5.26 Å². The van der Waals surface area contributed by atoms with E-state index in [0.29, 0.717) is 19.2 Å². The van der Waals surface area contributed by atoms with E-state index in [2.05, 4.69) is 6.07 Å². The fourth-order valence-electron chi connectivity index (χ4n) is 2.24. The van der Waals surface area contributed by atoms with Crippen molar-refractivity contribution in [3.8, 4) is 6.07 Å². The third-order valence-corrected chi connectivity index (χ3v) is 5.45. The lowest BCUT2D eigenvalue weighted by Crippen LogP contribution is -2.51. The zero-order valence-electron chi connectivity index (χ0n) is 11.5. The summed E-state index contributed by atoms with van der Waals surface area (Å²) in [6.07, 6.45) is 0. The van der Waals surface area contributed by atoms with Gasteiger partial charge in [-0.25, -0.2) is 17.2 Å². The van der Waals surface area contributed by atoms with Gasteiger partial charge in [0.15, 0.2) is 0 Å². The van der Waals surface area contributed by atoms with Crippen LogP contribution < -0.4 is 0 Å². The van der Waals surface area contributed by atoms with Crippen LogP contribution in [0.3, 0.4) is 0 Å². The molecule has 2 rings (SSSR count). The van der Waals surface area contributed by atoms with Gasteiger partial charge >= 0.3 is 0 Å². The van der Waals surface area contributed by atoms with Crippen LogP contribution in [0, 0.1) is 23.0 Å². The molecule has 0 saturated carbocycles. The molecule has 5 nitrogen and oxygen atoms in total. The van der Waals surface area contributed by atoms with Gasteiger partial charge in [0.25, 0.3) is 0 Å². The van der Waals surface area contributed by atoms with Gasteiger partial charge in [-0.05, 0) is 19.1 Å². The van der Waals surface area contributed by atoms with Crippen molar-refractivity contribution in [2.45, 2.75) is 17.9 Å². The van der Waals surface area contributed by atoms with Gasteiger partial charge in [0.1, 0.15) is 16.5 Å². The normalized spacial score (nSPS) is 19.1. The van der Waals surface area contributed by atoms with Crippen LogP contribution in [0.1, 0.15) is 6.92 Å². The Morgan fingerprint density at radius 2 is 1.86 bits per heavy atom. The lowest BCUT2D eigenvalue weighted by atomic mass is 10.2. The molecule has 1 fully saturated rings. The standard InChI is InChI=1S/C13H15F2N3O2S/c1-10(9-16)17-4-6-18(7-5-17)21(19,20)13-3-2-11(14)8-12(13)15/h2-3,8,10H,4-7H2,1H3. The van der Waals surface area contributed by atoms with E-state index in [-0.39, 0.29) is 19.1 Å². The Balaban J connectivity index is 2.17. The van der Waals surface area contributed by atoms with Crippen molar-refractivity contribution in [1.82, 2.24) is 9.21 Å². The highest BCUT2D eigenvalue weighted by atomic mass is 32.2. The molecule has 8 heteroatoms. The van der Waals surface area contributed by atoms with Crippen molar-refractivity contribution in [2.24, 2.45) is 0 Å². The molecule has 0 bridgehead atoms. The quantitative estimate of drug-likeness (QED) is 0.840. The second-order valence-corrected chi connectivity index (χ2v) is 6.73. The van der Waals surface area contributed by atoms with Crippen LogP contribution in [0.5, 0.6) is 0 Å². The molecule has 1 aromatic carbocycles. The van der Waals surface area contributed by atoms with Crippen LogP contribution in [0.15, 0.2) is 23.1 Å². The summed E-state index contributed by atoms with van der Waals surface area (Å²) in [4.78, 5) is 1.33. The van der Waals surface area contributed by atoms with E-state index in [1.54, 1.807) is 6.92 Å². The first-order chi connectivity index (χ1) is 9.86. The Labute approximate surface area is 122 Å². The minimum absolute atomic E-state index is 0.172. The molecule has 0 N–H and O–H groups in total. The number of sulfonamides is 1. The Kier molecular flexibility index (Phi) is 4.56. The molecular weight excluding hydrogens is 300 g/mol. The molecular formula is C13H15F2N3O2S. The summed E-state index contributed by atoms with van der Waals surface area (Å²) in [5.41, 5.74) is 0. The minimum Gasteiger partial charge on any atom is -0.286 e. The van der Waals surface area contributed by atoms with E-state index in [1.807, 2.05) is 4.90 Å². The zero-order chi connectivity index (χ0) is 15.6. The van der Waals surface area contributed by atoms with Crippen LogP contribution in [-0.4, -0.2) is 49.8 Å². The van der Waals surface area contributed by atoms with Gasteiger partial charge in [-0.15, -0.1) is 0 Å². The van der Waals surface area contributed by atoms with E-state index in [9.17, 15) is 17.2 Å². The largest absolute Gasteiger partial charge is 0.286 e. The fourth-order valence-corrected chi connectivity index (χ4v) is 3.70. The van der Waals surface area contributed by atoms with Gasteiger partial charge in [-0.2, -0.15) is 9.57 Å². The monoisotopic (exact) mass is 315 g/mol. The summed E-state index contributed by atoms with van der Waals surface area (Å²) in [5, 5.41) is 8.84. The summed E-state index contributed by atoms with van der Waals surface area (Å²) in [5.74, 6) is -1.91. The highest BCUT2D eigenvalue weighted by Gasteiger charge is 2.31. The van der Waals surface area contributed by atoms with Gasteiger partial charge in [0.05, 0.1) is 12.1 Å². The summed E-state index contributed by atoms with van der Waals surface area (Å²) in [6, 6.07) is 4.21. The predicted molar refractivity (Wildman–Crippen MR) is 71.8 cm³/mol. The average Bonchev–Trinajstić information content (AvgIpc) is 2.46. The molecule has 1 saturated heterocycles. The number of hydrogen-bond donors (Lipinski definition) is 0. The van der Waals surface area contributed by atoms with Crippen LogP contribution in [0.4, 0.5) is 8.78 Å². The molecule has 0 radical (unpaired) electrons. The Hall–Kier alpha value is -1.56. The molecule has 1 unspecified atom stereocenters. The molecule has 0 aliphatic carbocycles. The molecule has 0 aromatic heterocycles. The van der Waals surface area contributed by atoms with Crippen molar-refractivity contribution in [2.75, 3.05) is 26.2 Å². The highest BCUT2D eigenvalue weighted by molar-refractivity contribution is 7.89. The fraction of sp³-hybridized carbons (Fsp3) is 0.462. The molecule has 0 spiro atoms. The van der Waals surface area contributed by atoms with E-state index < -0.39 is 26.6 Å². The number of nitriles is 1. The zero-order valence-corrected chi connectivity index (χ0v) is 12.3. The van der Waals surface area contributed by atoms with Crippen molar-refractivity contribution in [3.05, 3.63) is 29.8 Å². The molecule has 1 aliphatic heterocycles. The molecule has 21 heavy (non-hydrogen) atoms. The van der Waals surface area contributed by atoms with Crippen LogP contribution in [0.2, 0.25) is 0 Å². The summed E-state index contributed by atoms with van der Waals surface area (Å²) in [6.45, 7) is 2.88. The number of piperazine rings is 1. The van der Waals surface area contributed by atoms with Gasteiger partial charge in [0.2, 0.25) is 10.0 Å². The number of rotatable bonds is 3. The maximum absolute atomic E-state index is 13.7. The second-order valence-electron chi connectivity index (χ2n) is 4.82. The molecule has 1 atom stereocenters. The molecule has 1 heterocycles. The second kappa shape index (κ2) is 6.05. The Morgan fingerprint density at radius 1 is 1.24 bits per heavy atom. The summed E-state index contributed by atoms with van der Waals surface area (Å²) >= 11 is 0. The lowest BCUT2D eigenvalue weighted by molar-refractivity contribution is 0.169. The van der Waals surface area contributed by atoms with Crippen LogP contribution in [-0.2, 0) is 10.0 Å². The molecule has 0 amide bonds. The SMILES string of the molecule is CC(C#N)N1CCN(S(=O)(=O)c2ccc(F)cc2F)CC1. The first kappa shape index (κ1) is 15.8. The predicted octanol–water partition coefficient (Wildman–Crippen LogP) is 1.18. The number of benzene rings is 1. The van der Waals surface area contributed by atoms with Gasteiger partial charge in [-0.1, -0.05) is 0 Å². The third kappa shape index (κ3) is 3.20. The van der Waals surface area contributed by atoms with E-state index in [1.165, 1.54) is 0 Å². The lowest BCUT2D eigenvalue weighted by Gasteiger charge is -2.35. The van der Waals surface area contributed by atoms with Gasteiger partial charge < -0.3 is 0 Å². The van der Waals surface area contributed by atoms with Crippen LogP contribution in [0.25, 0.3) is 0 Å². The first-order valence-electron chi connectivity index (χ1n) is 6.45. The Bertz CT molecular complexity index is 664. The summed E-state index contributed by atoms with van der Waals surface area (Å²) < 4.78 is 52.4. The van der Waals surface area contributed by atoms with Crippen molar-refractivity contribution >= 4 is 10.0 Å². The van der Waals surface area contributed by atoms with Crippen molar-refractivity contribution in [3.63, 3.8) is 0 Å². The molecule has 1 aliphatic rings. The number of nitrogens with zero attached hydrogens (tertiary/aromatic N) is 3. The number of halogens is 2. The highest BCUT2D eigenvalue weighted by Crippen LogP contribution is 2.21. The summed E-state index contributed by atoms with van der Waals surface area (Å²) in [7, 11) is -3.98.